The van der Waals surface area contributed by atoms with E-state index in [0.29, 0.717) is 24.9 Å². The van der Waals surface area contributed by atoms with Crippen LogP contribution in [0, 0.1) is 17.7 Å². The molecular weight excluding hydrogens is 429 g/mol. The maximum absolute atomic E-state index is 13.2. The summed E-state index contributed by atoms with van der Waals surface area (Å²) < 4.78 is 18.9. The average Bonchev–Trinajstić information content (AvgIpc) is 3.20. The van der Waals surface area contributed by atoms with E-state index in [-0.39, 0.29) is 10.9 Å². The fourth-order valence-electron chi connectivity index (χ4n) is 4.50. The van der Waals surface area contributed by atoms with Gasteiger partial charge < -0.3 is 26.4 Å². The molecule has 1 aliphatic carbocycles. The highest BCUT2D eigenvalue weighted by Gasteiger charge is 2.59. The van der Waals surface area contributed by atoms with Gasteiger partial charge in [0.05, 0.1) is 23.2 Å². The standard InChI is InChI=1S/C20H25ClFN5O4/c1-24-18(29)16-20(19(23)30,26-9-25-16)12-5-3-10(7-15(12)31-2)17(28)27-14-6-4-11(22)8-13(14)21/h4,6,8-10,12,15-16H,3,5,7H2,1-2H3,(H2,23,30)(H,24,29)(H,25,26)(H,27,28)/t10-,12+,15-,16?,20?/m1/s1. The molecule has 1 aromatic rings. The van der Waals surface area contributed by atoms with Crippen molar-refractivity contribution in [3.63, 3.8) is 0 Å². The number of carbonyl (C=O) groups is 3. The highest BCUT2D eigenvalue weighted by atomic mass is 35.5. The zero-order valence-corrected chi connectivity index (χ0v) is 17.9. The van der Waals surface area contributed by atoms with Gasteiger partial charge in [-0.15, -0.1) is 0 Å². The van der Waals surface area contributed by atoms with Crippen molar-refractivity contribution in [3.8, 4) is 0 Å². The maximum atomic E-state index is 13.2. The quantitative estimate of drug-likeness (QED) is 0.505. The van der Waals surface area contributed by atoms with Gasteiger partial charge in [0.25, 0.3) is 0 Å². The number of nitrogens with two attached hydrogens (primary N) is 1. The molecule has 0 aromatic heterocycles. The van der Waals surface area contributed by atoms with Crippen molar-refractivity contribution in [1.82, 2.24) is 10.6 Å². The Bertz CT molecular complexity index is 914. The molecule has 2 aliphatic rings. The number of methoxy groups -OCH3 is 1. The SMILES string of the molecule is CNC(=O)C1N=CNC1(C(N)=O)[C@H]1CC[C@@H](C(=O)Nc2ccc(F)cc2Cl)C[C@H]1OC. The number of amides is 3. The van der Waals surface area contributed by atoms with Crippen LogP contribution in [0.5, 0.6) is 0 Å². The molecule has 5 N–H and O–H groups in total. The number of likely N-dealkylation sites (N-methyl/N-ethyl adjacent to an activating group) is 1. The summed E-state index contributed by atoms with van der Waals surface area (Å²) in [6.07, 6.45) is 1.88. The van der Waals surface area contributed by atoms with Crippen LogP contribution in [-0.4, -0.2) is 55.9 Å². The van der Waals surface area contributed by atoms with E-state index < -0.39 is 47.2 Å². The zero-order valence-electron chi connectivity index (χ0n) is 17.2. The third kappa shape index (κ3) is 4.22. The first-order valence-electron chi connectivity index (χ1n) is 9.84. The highest BCUT2D eigenvalue weighted by Crippen LogP contribution is 2.41. The van der Waals surface area contributed by atoms with Crippen molar-refractivity contribution in [2.45, 2.75) is 36.9 Å². The summed E-state index contributed by atoms with van der Waals surface area (Å²) in [6.45, 7) is 0. The number of nitrogens with one attached hydrogen (secondary N) is 3. The van der Waals surface area contributed by atoms with Crippen molar-refractivity contribution in [1.29, 1.82) is 0 Å². The number of rotatable bonds is 6. The van der Waals surface area contributed by atoms with Crippen LogP contribution >= 0.6 is 11.6 Å². The van der Waals surface area contributed by atoms with Crippen LogP contribution in [0.4, 0.5) is 10.1 Å². The van der Waals surface area contributed by atoms with Gasteiger partial charge in [-0.1, -0.05) is 11.6 Å². The number of nitrogens with zero attached hydrogens (tertiary/aromatic N) is 1. The Hall–Kier alpha value is -2.72. The predicted octanol–water partition coefficient (Wildman–Crippen LogP) is 0.819. The molecule has 1 aromatic carbocycles. The summed E-state index contributed by atoms with van der Waals surface area (Å²) in [4.78, 5) is 41.9. The summed E-state index contributed by atoms with van der Waals surface area (Å²) in [5.41, 5.74) is 4.60. The van der Waals surface area contributed by atoms with Gasteiger partial charge in [-0.3, -0.25) is 19.4 Å². The number of anilines is 1. The molecule has 0 saturated heterocycles. The minimum atomic E-state index is -1.46. The number of hydrogen-bond acceptors (Lipinski definition) is 6. The fourth-order valence-corrected chi connectivity index (χ4v) is 4.71. The molecule has 3 amide bonds. The van der Waals surface area contributed by atoms with Crippen molar-refractivity contribution in [2.24, 2.45) is 22.6 Å². The smallest absolute Gasteiger partial charge is 0.247 e. The Kier molecular flexibility index (Phi) is 6.80. The lowest BCUT2D eigenvalue weighted by molar-refractivity contribution is -0.139. The van der Waals surface area contributed by atoms with Crippen LogP contribution in [0.25, 0.3) is 0 Å². The zero-order chi connectivity index (χ0) is 22.8. The van der Waals surface area contributed by atoms with Crippen LogP contribution < -0.4 is 21.7 Å². The van der Waals surface area contributed by atoms with E-state index in [0.717, 1.165) is 6.07 Å². The molecule has 3 rings (SSSR count). The summed E-state index contributed by atoms with van der Waals surface area (Å²) in [5.74, 6) is -2.88. The molecule has 0 radical (unpaired) electrons. The van der Waals surface area contributed by atoms with E-state index in [1.165, 1.54) is 32.6 Å². The van der Waals surface area contributed by atoms with Gasteiger partial charge >= 0.3 is 0 Å². The summed E-state index contributed by atoms with van der Waals surface area (Å²) >= 11 is 6.00. The first-order chi connectivity index (χ1) is 14.7. The molecule has 168 valence electrons. The Balaban J connectivity index is 1.79. The molecule has 11 heteroatoms. The van der Waals surface area contributed by atoms with Crippen LogP contribution in [0.2, 0.25) is 5.02 Å². The van der Waals surface area contributed by atoms with Crippen LogP contribution in [0.15, 0.2) is 23.2 Å². The summed E-state index contributed by atoms with van der Waals surface area (Å²) in [5, 5.41) is 8.22. The second kappa shape index (κ2) is 9.19. The summed E-state index contributed by atoms with van der Waals surface area (Å²) in [7, 11) is 2.94. The fraction of sp³-hybridized carbons (Fsp3) is 0.500. The highest BCUT2D eigenvalue weighted by molar-refractivity contribution is 6.33. The molecule has 31 heavy (non-hydrogen) atoms. The van der Waals surface area contributed by atoms with E-state index in [4.69, 9.17) is 22.1 Å². The lowest BCUT2D eigenvalue weighted by Crippen LogP contribution is -2.69. The Morgan fingerprint density at radius 2 is 2.06 bits per heavy atom. The van der Waals surface area contributed by atoms with Gasteiger partial charge in [0.1, 0.15) is 5.82 Å². The van der Waals surface area contributed by atoms with Crippen molar-refractivity contribution >= 4 is 41.3 Å². The normalized spacial score (nSPS) is 29.8. The predicted molar refractivity (Wildman–Crippen MR) is 113 cm³/mol. The average molecular weight is 454 g/mol. The Labute approximate surface area is 183 Å². The van der Waals surface area contributed by atoms with Gasteiger partial charge in [-0.2, -0.15) is 0 Å². The Morgan fingerprint density at radius 1 is 1.32 bits per heavy atom. The number of ether oxygens (including phenoxy) is 1. The number of benzene rings is 1. The van der Waals surface area contributed by atoms with Gasteiger partial charge in [-0.25, -0.2) is 4.39 Å². The summed E-state index contributed by atoms with van der Waals surface area (Å²) in [6, 6.07) is 2.68. The topological polar surface area (TPSA) is 135 Å². The molecule has 0 bridgehead atoms. The van der Waals surface area contributed by atoms with Gasteiger partial charge in [0.15, 0.2) is 11.6 Å². The molecule has 2 unspecified atom stereocenters. The lowest BCUT2D eigenvalue weighted by atomic mass is 9.66. The van der Waals surface area contributed by atoms with Crippen molar-refractivity contribution in [2.75, 3.05) is 19.5 Å². The second-order valence-corrected chi connectivity index (χ2v) is 8.08. The minimum Gasteiger partial charge on any atom is -0.381 e. The van der Waals surface area contributed by atoms with Crippen LogP contribution in [0.1, 0.15) is 19.3 Å². The molecule has 5 atom stereocenters. The molecular formula is C20H25ClFN5O4. The van der Waals surface area contributed by atoms with Crippen LogP contribution in [-0.2, 0) is 19.1 Å². The monoisotopic (exact) mass is 453 g/mol. The molecule has 1 aliphatic heterocycles. The van der Waals surface area contributed by atoms with Crippen molar-refractivity contribution < 1.29 is 23.5 Å². The molecule has 1 heterocycles. The van der Waals surface area contributed by atoms with E-state index in [9.17, 15) is 18.8 Å². The van der Waals surface area contributed by atoms with Crippen LogP contribution in [0.3, 0.4) is 0 Å². The molecule has 1 fully saturated rings. The number of halogens is 2. The number of hydrogen-bond donors (Lipinski definition) is 4. The second-order valence-electron chi connectivity index (χ2n) is 7.68. The first kappa shape index (κ1) is 23.0. The van der Waals surface area contributed by atoms with Gasteiger partial charge in [0, 0.05) is 26.0 Å². The van der Waals surface area contributed by atoms with E-state index in [1.807, 2.05) is 0 Å². The van der Waals surface area contributed by atoms with E-state index in [1.54, 1.807) is 0 Å². The molecule has 1 saturated carbocycles. The minimum absolute atomic E-state index is 0.0960. The largest absolute Gasteiger partial charge is 0.381 e. The maximum Gasteiger partial charge on any atom is 0.247 e. The number of carbonyl (C=O) groups excluding carboxylic acids is 3. The van der Waals surface area contributed by atoms with E-state index >= 15 is 0 Å². The number of aliphatic imine (C=N–C) groups is 1. The van der Waals surface area contributed by atoms with Crippen molar-refractivity contribution in [3.05, 3.63) is 29.0 Å². The molecule has 9 nitrogen and oxygen atoms in total. The first-order valence-corrected chi connectivity index (χ1v) is 10.2. The van der Waals surface area contributed by atoms with E-state index in [2.05, 4.69) is 20.9 Å². The molecule has 0 spiro atoms. The third-order valence-electron chi connectivity index (χ3n) is 6.10. The Morgan fingerprint density at radius 3 is 2.68 bits per heavy atom. The third-order valence-corrected chi connectivity index (χ3v) is 6.41. The lowest BCUT2D eigenvalue weighted by Gasteiger charge is -2.45. The number of primary amides is 1. The van der Waals surface area contributed by atoms with Gasteiger partial charge in [-0.05, 0) is 37.5 Å². The van der Waals surface area contributed by atoms with Gasteiger partial charge in [0.2, 0.25) is 17.7 Å².